The molecule has 1 fully saturated rings. The maximum atomic E-state index is 9.94. The Kier molecular flexibility index (Phi) is 7.99. The minimum absolute atomic E-state index is 0.0941. The summed E-state index contributed by atoms with van der Waals surface area (Å²) in [6.07, 6.45) is -5.80. The number of rotatable bonds is 9. The van der Waals surface area contributed by atoms with Crippen molar-refractivity contribution in [3.8, 4) is 0 Å². The van der Waals surface area contributed by atoms with Crippen LogP contribution in [0.4, 0.5) is 0 Å². The van der Waals surface area contributed by atoms with Crippen LogP contribution in [0.3, 0.4) is 0 Å². The molecule has 0 spiro atoms. The summed E-state index contributed by atoms with van der Waals surface area (Å²) in [6, 6.07) is 0. The van der Waals surface area contributed by atoms with Crippen LogP contribution in [-0.4, -0.2) is 91.3 Å². The topological polar surface area (TPSA) is 118 Å². The normalized spacial score (nSPS) is 33.9. The molecule has 1 saturated heterocycles. The summed E-state index contributed by atoms with van der Waals surface area (Å²) in [5.41, 5.74) is 0. The van der Waals surface area contributed by atoms with Gasteiger partial charge in [0.05, 0.1) is 25.9 Å². The molecule has 126 valence electrons. The molecule has 0 amide bonds. The number of aliphatic hydroxyl groups excluding tert-OH is 4. The first-order valence-electron chi connectivity index (χ1n) is 6.89. The van der Waals surface area contributed by atoms with Crippen LogP contribution < -0.4 is 0 Å². The predicted octanol–water partition coefficient (Wildman–Crippen LogP) is -1.90. The van der Waals surface area contributed by atoms with Gasteiger partial charge in [-0.25, -0.2) is 0 Å². The molecule has 1 heterocycles. The van der Waals surface area contributed by atoms with E-state index in [1.165, 1.54) is 14.2 Å². The maximum absolute atomic E-state index is 9.94. The van der Waals surface area contributed by atoms with E-state index in [0.29, 0.717) is 0 Å². The van der Waals surface area contributed by atoms with Crippen LogP contribution in [0.1, 0.15) is 6.92 Å². The Bertz CT molecular complexity index is 289. The number of hydrogen-bond donors (Lipinski definition) is 4. The van der Waals surface area contributed by atoms with Crippen molar-refractivity contribution in [1.29, 1.82) is 0 Å². The third kappa shape index (κ3) is 5.11. The Balaban J connectivity index is 2.40. The summed E-state index contributed by atoms with van der Waals surface area (Å²) < 4.78 is 20.5. The van der Waals surface area contributed by atoms with E-state index in [1.54, 1.807) is 6.92 Å². The summed E-state index contributed by atoms with van der Waals surface area (Å²) in [4.78, 5) is 0. The van der Waals surface area contributed by atoms with Crippen LogP contribution in [0, 0.1) is 5.92 Å². The Morgan fingerprint density at radius 3 is 2.24 bits per heavy atom. The van der Waals surface area contributed by atoms with Crippen molar-refractivity contribution in [2.45, 2.75) is 43.7 Å². The molecule has 4 unspecified atom stereocenters. The van der Waals surface area contributed by atoms with Crippen LogP contribution in [0.25, 0.3) is 0 Å². The Hall–Kier alpha value is -0.320. The molecule has 4 N–H and O–H groups in total. The van der Waals surface area contributed by atoms with E-state index >= 15 is 0 Å². The van der Waals surface area contributed by atoms with Gasteiger partial charge in [-0.05, 0) is 0 Å². The monoisotopic (exact) mass is 310 g/mol. The van der Waals surface area contributed by atoms with E-state index in [9.17, 15) is 20.4 Å². The second-order valence-electron chi connectivity index (χ2n) is 5.26. The van der Waals surface area contributed by atoms with Crippen LogP contribution in [0.5, 0.6) is 0 Å². The van der Waals surface area contributed by atoms with Gasteiger partial charge in [0.1, 0.15) is 24.4 Å². The van der Waals surface area contributed by atoms with E-state index in [4.69, 9.17) is 18.9 Å². The van der Waals surface area contributed by atoms with E-state index in [-0.39, 0.29) is 25.7 Å². The zero-order chi connectivity index (χ0) is 16.0. The molecule has 0 aromatic rings. The molecule has 0 bridgehead atoms. The molecule has 0 aromatic heterocycles. The van der Waals surface area contributed by atoms with Gasteiger partial charge in [0.15, 0.2) is 6.29 Å². The van der Waals surface area contributed by atoms with Crippen molar-refractivity contribution in [2.24, 2.45) is 5.92 Å². The van der Waals surface area contributed by atoms with Crippen molar-refractivity contribution < 1.29 is 39.4 Å². The van der Waals surface area contributed by atoms with Gasteiger partial charge >= 0.3 is 0 Å². The molecule has 8 nitrogen and oxygen atoms in total. The fourth-order valence-corrected chi connectivity index (χ4v) is 2.19. The zero-order valence-corrected chi connectivity index (χ0v) is 12.6. The second-order valence-corrected chi connectivity index (χ2v) is 5.26. The Morgan fingerprint density at radius 1 is 1.05 bits per heavy atom. The fraction of sp³-hybridized carbons (Fsp3) is 1.00. The van der Waals surface area contributed by atoms with Crippen LogP contribution >= 0.6 is 0 Å². The fourth-order valence-electron chi connectivity index (χ4n) is 2.19. The van der Waals surface area contributed by atoms with Crippen molar-refractivity contribution in [1.82, 2.24) is 0 Å². The highest BCUT2D eigenvalue weighted by atomic mass is 16.7. The van der Waals surface area contributed by atoms with Crippen molar-refractivity contribution >= 4 is 0 Å². The van der Waals surface area contributed by atoms with E-state index in [0.717, 1.165) is 0 Å². The van der Waals surface area contributed by atoms with Gasteiger partial charge in [-0.3, -0.25) is 0 Å². The lowest BCUT2D eigenvalue weighted by Gasteiger charge is -2.24. The molecule has 21 heavy (non-hydrogen) atoms. The molecular formula is C13H26O8. The van der Waals surface area contributed by atoms with Gasteiger partial charge in [0.25, 0.3) is 0 Å². The average molecular weight is 310 g/mol. The smallest absolute Gasteiger partial charge is 0.163 e. The Morgan fingerprint density at radius 2 is 1.67 bits per heavy atom. The summed E-state index contributed by atoms with van der Waals surface area (Å²) >= 11 is 0. The van der Waals surface area contributed by atoms with E-state index in [2.05, 4.69) is 0 Å². The SMILES string of the molecule is COCC(O)C(O)C(O)CO[C@@H]1O[C@H](COC)[C@H](O)C1C. The molecule has 0 aliphatic carbocycles. The van der Waals surface area contributed by atoms with Gasteiger partial charge in [-0.1, -0.05) is 6.92 Å². The Labute approximate surface area is 124 Å². The van der Waals surface area contributed by atoms with Crippen molar-refractivity contribution in [3.63, 3.8) is 0 Å². The summed E-state index contributed by atoms with van der Waals surface area (Å²) in [7, 11) is 2.89. The van der Waals surface area contributed by atoms with Crippen LogP contribution in [-0.2, 0) is 18.9 Å². The highest BCUT2D eigenvalue weighted by Gasteiger charge is 2.42. The lowest BCUT2D eigenvalue weighted by molar-refractivity contribution is -0.184. The molecule has 0 saturated carbocycles. The zero-order valence-electron chi connectivity index (χ0n) is 12.6. The standard InChI is InChI=1S/C13H26O8/c1-7-11(16)10(6-19-3)21-13(7)20-5-9(15)12(17)8(14)4-18-2/h7-17H,4-6H2,1-3H3/t7?,8?,9?,10-,11-,12?,13-/m1/s1. The molecule has 1 aliphatic heterocycles. The third-order valence-electron chi connectivity index (χ3n) is 3.55. The lowest BCUT2D eigenvalue weighted by Crippen LogP contribution is -2.43. The van der Waals surface area contributed by atoms with Gasteiger partial charge in [0, 0.05) is 20.1 Å². The summed E-state index contributed by atoms with van der Waals surface area (Å²) in [5.74, 6) is -0.293. The number of hydrogen-bond acceptors (Lipinski definition) is 8. The maximum Gasteiger partial charge on any atom is 0.163 e. The first-order chi connectivity index (χ1) is 9.92. The molecule has 1 aliphatic rings. The molecule has 1 rings (SSSR count). The summed E-state index contributed by atoms with van der Waals surface area (Å²) in [5, 5.41) is 38.9. The first-order valence-corrected chi connectivity index (χ1v) is 6.89. The molecule has 8 heteroatoms. The van der Waals surface area contributed by atoms with Gasteiger partial charge in [-0.2, -0.15) is 0 Å². The lowest BCUT2D eigenvalue weighted by atomic mass is 10.0. The van der Waals surface area contributed by atoms with E-state index in [1.807, 2.05) is 0 Å². The minimum Gasteiger partial charge on any atom is -0.390 e. The van der Waals surface area contributed by atoms with Gasteiger partial charge < -0.3 is 39.4 Å². The summed E-state index contributed by atoms with van der Waals surface area (Å²) in [6.45, 7) is 1.67. The number of aliphatic hydroxyl groups is 4. The van der Waals surface area contributed by atoms with Gasteiger partial charge in [-0.15, -0.1) is 0 Å². The highest BCUT2D eigenvalue weighted by Crippen LogP contribution is 2.28. The quantitative estimate of drug-likeness (QED) is 0.390. The minimum atomic E-state index is -1.39. The largest absolute Gasteiger partial charge is 0.390 e. The van der Waals surface area contributed by atoms with Crippen molar-refractivity contribution in [3.05, 3.63) is 0 Å². The number of ether oxygens (including phenoxy) is 4. The van der Waals surface area contributed by atoms with Gasteiger partial charge in [0.2, 0.25) is 0 Å². The van der Waals surface area contributed by atoms with E-state index < -0.39 is 36.8 Å². The molecular weight excluding hydrogens is 284 g/mol. The second kappa shape index (κ2) is 8.96. The number of methoxy groups -OCH3 is 2. The predicted molar refractivity (Wildman–Crippen MR) is 71.6 cm³/mol. The van der Waals surface area contributed by atoms with Crippen LogP contribution in [0.15, 0.2) is 0 Å². The van der Waals surface area contributed by atoms with Crippen molar-refractivity contribution in [2.75, 3.05) is 34.0 Å². The molecule has 0 radical (unpaired) electrons. The average Bonchev–Trinajstić information content (AvgIpc) is 2.72. The first kappa shape index (κ1) is 18.7. The molecule has 0 aromatic carbocycles. The third-order valence-corrected chi connectivity index (χ3v) is 3.55. The van der Waals surface area contributed by atoms with Crippen LogP contribution in [0.2, 0.25) is 0 Å². The molecule has 7 atom stereocenters. The highest BCUT2D eigenvalue weighted by molar-refractivity contribution is 4.84.